The smallest absolute Gasteiger partial charge is 0.119 e. The first-order valence-electron chi connectivity index (χ1n) is 9.24. The number of aryl methyl sites for hydroxylation is 3. The summed E-state index contributed by atoms with van der Waals surface area (Å²) in [5, 5.41) is 0. The summed E-state index contributed by atoms with van der Waals surface area (Å²) < 4.78 is 10.4. The number of hydrogen-bond donors (Lipinski definition) is 0. The summed E-state index contributed by atoms with van der Waals surface area (Å²) in [5.74, 6) is 1.80. The zero-order chi connectivity index (χ0) is 19.8. The molecule has 3 aromatic carbocycles. The van der Waals surface area contributed by atoms with Crippen LogP contribution in [-0.2, 0) is 6.42 Å². The monoisotopic (exact) mass is 362 g/mol. The predicted octanol–water partition coefficient (Wildman–Crippen LogP) is 6.21. The maximum absolute atomic E-state index is 5.21. The second-order valence-corrected chi connectivity index (χ2v) is 6.83. The summed E-state index contributed by atoms with van der Waals surface area (Å²) >= 11 is 0. The molecule has 0 aliphatic heterocycles. The molecule has 0 saturated heterocycles. The highest BCUT2D eigenvalue weighted by molar-refractivity contribution is 5.39. The molecule has 0 atom stereocenters. The molecule has 0 fully saturated rings. The summed E-state index contributed by atoms with van der Waals surface area (Å²) in [6.07, 6.45) is 0.930. The lowest BCUT2D eigenvalue weighted by atomic mass is 10.0. The molecule has 142 valence electrons. The predicted molar refractivity (Wildman–Crippen MR) is 114 cm³/mol. The first-order valence-corrected chi connectivity index (χ1v) is 9.24. The average Bonchev–Trinajstić information content (AvgIpc) is 2.68. The summed E-state index contributed by atoms with van der Waals surface area (Å²) in [6, 6.07) is 20.8. The Morgan fingerprint density at radius 3 is 1.67 bits per heavy atom. The highest BCUT2D eigenvalue weighted by atomic mass is 16.5. The normalized spacial score (nSPS) is 10.0. The summed E-state index contributed by atoms with van der Waals surface area (Å²) in [5.41, 5.74) is 8.04. The highest BCUT2D eigenvalue weighted by Crippen LogP contribution is 2.21. The fourth-order valence-electron chi connectivity index (χ4n) is 2.85. The Bertz CT molecular complexity index is 844. The van der Waals surface area contributed by atoms with Crippen LogP contribution in [0.15, 0.2) is 60.7 Å². The van der Waals surface area contributed by atoms with Gasteiger partial charge < -0.3 is 9.47 Å². The number of benzene rings is 3. The van der Waals surface area contributed by atoms with Crippen LogP contribution in [-0.4, -0.2) is 14.2 Å². The molecular formula is C25H30O2. The minimum atomic E-state index is 0.894. The molecule has 0 heterocycles. The number of rotatable bonds is 4. The molecule has 0 amide bonds. The van der Waals surface area contributed by atoms with Crippen LogP contribution in [0.1, 0.15) is 33.4 Å². The number of methoxy groups -OCH3 is 2. The largest absolute Gasteiger partial charge is 0.497 e. The number of ether oxygens (including phenoxy) is 2. The van der Waals surface area contributed by atoms with Crippen molar-refractivity contribution >= 4 is 0 Å². The fraction of sp³-hybridized carbons (Fsp3) is 0.280. The van der Waals surface area contributed by atoms with Crippen molar-refractivity contribution in [1.82, 2.24) is 0 Å². The molecule has 0 unspecified atom stereocenters. The average molecular weight is 363 g/mol. The first-order chi connectivity index (χ1) is 12.9. The van der Waals surface area contributed by atoms with Crippen molar-refractivity contribution in [1.29, 1.82) is 0 Å². The van der Waals surface area contributed by atoms with Gasteiger partial charge in [0.1, 0.15) is 11.5 Å². The zero-order valence-electron chi connectivity index (χ0n) is 17.3. The lowest BCUT2D eigenvalue weighted by Gasteiger charge is -2.08. The highest BCUT2D eigenvalue weighted by Gasteiger charge is 2.02. The van der Waals surface area contributed by atoms with E-state index in [0.717, 1.165) is 17.9 Å². The Balaban J connectivity index is 0.000000244. The van der Waals surface area contributed by atoms with E-state index in [0.29, 0.717) is 0 Å². The Hall–Kier alpha value is -2.74. The minimum Gasteiger partial charge on any atom is -0.497 e. The van der Waals surface area contributed by atoms with Crippen LogP contribution in [0, 0.1) is 27.7 Å². The van der Waals surface area contributed by atoms with E-state index in [4.69, 9.17) is 9.47 Å². The molecule has 0 N–H and O–H groups in total. The van der Waals surface area contributed by atoms with Crippen LogP contribution < -0.4 is 9.47 Å². The second-order valence-electron chi connectivity index (χ2n) is 6.83. The van der Waals surface area contributed by atoms with Gasteiger partial charge >= 0.3 is 0 Å². The Labute approximate surface area is 163 Å². The van der Waals surface area contributed by atoms with Crippen molar-refractivity contribution in [3.63, 3.8) is 0 Å². The van der Waals surface area contributed by atoms with E-state index in [1.807, 2.05) is 18.2 Å². The third-order valence-electron chi connectivity index (χ3n) is 4.98. The van der Waals surface area contributed by atoms with Crippen LogP contribution in [0.25, 0.3) is 0 Å². The van der Waals surface area contributed by atoms with Gasteiger partial charge in [-0.2, -0.15) is 0 Å². The minimum absolute atomic E-state index is 0.894. The lowest BCUT2D eigenvalue weighted by Crippen LogP contribution is -1.93. The molecule has 0 bridgehead atoms. The third kappa shape index (κ3) is 5.89. The van der Waals surface area contributed by atoms with E-state index in [9.17, 15) is 0 Å². The van der Waals surface area contributed by atoms with Gasteiger partial charge in [0.05, 0.1) is 14.2 Å². The Morgan fingerprint density at radius 2 is 1.19 bits per heavy atom. The number of hydrogen-bond acceptors (Lipinski definition) is 2. The van der Waals surface area contributed by atoms with Crippen molar-refractivity contribution in [3.8, 4) is 11.5 Å². The van der Waals surface area contributed by atoms with Crippen molar-refractivity contribution in [2.24, 2.45) is 0 Å². The molecule has 0 aliphatic rings. The molecule has 0 aromatic heterocycles. The fourth-order valence-corrected chi connectivity index (χ4v) is 2.85. The third-order valence-corrected chi connectivity index (χ3v) is 4.98. The quantitative estimate of drug-likeness (QED) is 0.549. The standard InChI is InChI=1S/C16H18O2.C9H12/c1-12-10-16(18-3)9-6-14(12)11-13-4-7-15(17-2)8-5-13;1-7-5-4-6-8(2)9(7)3/h4-10H,11H2,1-3H3;4-6H,1-3H3. The summed E-state index contributed by atoms with van der Waals surface area (Å²) in [7, 11) is 3.38. The van der Waals surface area contributed by atoms with E-state index in [-0.39, 0.29) is 0 Å². The molecule has 0 saturated carbocycles. The molecule has 2 heteroatoms. The summed E-state index contributed by atoms with van der Waals surface area (Å²) in [6.45, 7) is 8.55. The van der Waals surface area contributed by atoms with E-state index in [2.05, 4.69) is 70.2 Å². The maximum atomic E-state index is 5.21. The lowest BCUT2D eigenvalue weighted by molar-refractivity contribution is 0.414. The van der Waals surface area contributed by atoms with Crippen molar-refractivity contribution in [2.45, 2.75) is 34.1 Å². The molecule has 3 rings (SSSR count). The SMILES string of the molecule is COc1ccc(Cc2ccc(OC)cc2C)cc1.Cc1cccc(C)c1C. The molecule has 0 spiro atoms. The molecule has 2 nitrogen and oxygen atoms in total. The van der Waals surface area contributed by atoms with Gasteiger partial charge in [0.2, 0.25) is 0 Å². The Morgan fingerprint density at radius 1 is 0.630 bits per heavy atom. The molecule has 0 aliphatic carbocycles. The zero-order valence-corrected chi connectivity index (χ0v) is 17.3. The van der Waals surface area contributed by atoms with Gasteiger partial charge in [-0.25, -0.2) is 0 Å². The molecule has 27 heavy (non-hydrogen) atoms. The van der Waals surface area contributed by atoms with Gasteiger partial charge in [0, 0.05) is 0 Å². The van der Waals surface area contributed by atoms with Crippen LogP contribution >= 0.6 is 0 Å². The Kier molecular flexibility index (Phi) is 7.48. The van der Waals surface area contributed by atoms with Gasteiger partial charge in [-0.05, 0) is 91.8 Å². The maximum Gasteiger partial charge on any atom is 0.119 e. The topological polar surface area (TPSA) is 18.5 Å². The summed E-state index contributed by atoms with van der Waals surface area (Å²) in [4.78, 5) is 0. The van der Waals surface area contributed by atoms with Gasteiger partial charge in [-0.1, -0.05) is 36.4 Å². The molecular weight excluding hydrogens is 332 g/mol. The first kappa shape index (κ1) is 20.6. The van der Waals surface area contributed by atoms with Gasteiger partial charge in [-0.15, -0.1) is 0 Å². The van der Waals surface area contributed by atoms with Crippen LogP contribution in [0.4, 0.5) is 0 Å². The van der Waals surface area contributed by atoms with Gasteiger partial charge in [-0.3, -0.25) is 0 Å². The molecule has 3 aromatic rings. The van der Waals surface area contributed by atoms with Crippen LogP contribution in [0.2, 0.25) is 0 Å². The van der Waals surface area contributed by atoms with E-state index in [1.54, 1.807) is 14.2 Å². The van der Waals surface area contributed by atoms with Crippen molar-refractivity contribution < 1.29 is 9.47 Å². The second kappa shape index (κ2) is 9.82. The van der Waals surface area contributed by atoms with Crippen LogP contribution in [0.3, 0.4) is 0 Å². The van der Waals surface area contributed by atoms with E-state index < -0.39 is 0 Å². The van der Waals surface area contributed by atoms with Gasteiger partial charge in [0.25, 0.3) is 0 Å². The van der Waals surface area contributed by atoms with Crippen molar-refractivity contribution in [3.05, 3.63) is 94.0 Å². The van der Waals surface area contributed by atoms with E-state index in [1.165, 1.54) is 33.4 Å². The van der Waals surface area contributed by atoms with Gasteiger partial charge in [0.15, 0.2) is 0 Å². The molecule has 0 radical (unpaired) electrons. The van der Waals surface area contributed by atoms with Crippen molar-refractivity contribution in [2.75, 3.05) is 14.2 Å². The van der Waals surface area contributed by atoms with E-state index >= 15 is 0 Å². The van der Waals surface area contributed by atoms with Crippen LogP contribution in [0.5, 0.6) is 11.5 Å².